The van der Waals surface area contributed by atoms with Gasteiger partial charge in [0, 0.05) is 10.9 Å². The highest BCUT2D eigenvalue weighted by molar-refractivity contribution is 7.80. The molecule has 0 aliphatic carbocycles. The van der Waals surface area contributed by atoms with E-state index in [9.17, 15) is 4.79 Å². The van der Waals surface area contributed by atoms with E-state index in [0.29, 0.717) is 6.42 Å². The van der Waals surface area contributed by atoms with Crippen molar-refractivity contribution < 1.29 is 9.53 Å². The average Bonchev–Trinajstić information content (AvgIpc) is 2.29. The quantitative estimate of drug-likeness (QED) is 0.269. The zero-order valence-electron chi connectivity index (χ0n) is 9.64. The highest BCUT2D eigenvalue weighted by Gasteiger charge is 2.11. The van der Waals surface area contributed by atoms with Crippen LogP contribution >= 0.6 is 12.6 Å². The lowest BCUT2D eigenvalue weighted by Gasteiger charge is -2.12. The SMILES string of the molecule is COC(=O)CC(N)Cc1ccc(NN)c(S)c1. The van der Waals surface area contributed by atoms with Gasteiger partial charge in [-0.15, -0.1) is 12.6 Å². The van der Waals surface area contributed by atoms with E-state index >= 15 is 0 Å². The highest BCUT2D eigenvalue weighted by atomic mass is 32.1. The molecule has 1 rings (SSSR count). The maximum absolute atomic E-state index is 11.0. The Balaban J connectivity index is 2.62. The first kappa shape index (κ1) is 13.8. The number of methoxy groups -OCH3 is 1. The van der Waals surface area contributed by atoms with E-state index in [1.807, 2.05) is 18.2 Å². The Morgan fingerprint density at radius 3 is 2.82 bits per heavy atom. The molecule has 0 saturated carbocycles. The van der Waals surface area contributed by atoms with Crippen LogP contribution in [0.15, 0.2) is 23.1 Å². The Morgan fingerprint density at radius 1 is 1.59 bits per heavy atom. The van der Waals surface area contributed by atoms with Crippen LogP contribution < -0.4 is 17.0 Å². The fourth-order valence-corrected chi connectivity index (χ4v) is 1.80. The third kappa shape index (κ3) is 4.26. The minimum absolute atomic E-state index is 0.204. The monoisotopic (exact) mass is 255 g/mol. The molecule has 0 heterocycles. The molecule has 1 atom stereocenters. The number of nitrogens with two attached hydrogens (primary N) is 2. The summed E-state index contributed by atoms with van der Waals surface area (Å²) in [6.07, 6.45) is 0.794. The van der Waals surface area contributed by atoms with E-state index in [4.69, 9.17) is 11.6 Å². The Bertz CT molecular complexity index is 398. The normalized spacial score (nSPS) is 12.0. The number of carbonyl (C=O) groups excluding carboxylic acids is 1. The van der Waals surface area contributed by atoms with Gasteiger partial charge < -0.3 is 15.9 Å². The summed E-state index contributed by atoms with van der Waals surface area (Å²) in [5.74, 6) is 5.00. The van der Waals surface area contributed by atoms with Crippen LogP contribution in [0.1, 0.15) is 12.0 Å². The van der Waals surface area contributed by atoms with Gasteiger partial charge in [-0.25, -0.2) is 0 Å². The van der Waals surface area contributed by atoms with Crippen molar-refractivity contribution in [3.63, 3.8) is 0 Å². The van der Waals surface area contributed by atoms with Crippen LogP contribution in [-0.2, 0) is 16.0 Å². The molecule has 0 radical (unpaired) electrons. The highest BCUT2D eigenvalue weighted by Crippen LogP contribution is 2.21. The molecule has 0 aliphatic heterocycles. The molecule has 1 aromatic rings. The first-order chi connectivity index (χ1) is 8.06. The zero-order valence-corrected chi connectivity index (χ0v) is 10.5. The van der Waals surface area contributed by atoms with Crippen molar-refractivity contribution in [2.45, 2.75) is 23.8 Å². The van der Waals surface area contributed by atoms with E-state index < -0.39 is 0 Å². The van der Waals surface area contributed by atoms with E-state index in [-0.39, 0.29) is 18.4 Å². The van der Waals surface area contributed by atoms with Gasteiger partial charge in [-0.3, -0.25) is 10.6 Å². The number of carbonyl (C=O) groups is 1. The molecular formula is C11H17N3O2S. The van der Waals surface area contributed by atoms with Crippen molar-refractivity contribution in [3.8, 4) is 0 Å². The summed E-state index contributed by atoms with van der Waals surface area (Å²) in [7, 11) is 1.35. The largest absolute Gasteiger partial charge is 0.469 e. The molecule has 94 valence electrons. The molecule has 5 nitrogen and oxygen atoms in total. The number of thiol groups is 1. The van der Waals surface area contributed by atoms with E-state index in [0.717, 1.165) is 16.1 Å². The third-order valence-electron chi connectivity index (χ3n) is 2.37. The zero-order chi connectivity index (χ0) is 12.8. The molecule has 1 aromatic carbocycles. The number of rotatable bonds is 5. The average molecular weight is 255 g/mol. The Kier molecular flexibility index (Phi) is 5.27. The lowest BCUT2D eigenvalue weighted by molar-refractivity contribution is -0.140. The van der Waals surface area contributed by atoms with E-state index in [1.165, 1.54) is 7.11 Å². The Labute approximate surface area is 106 Å². The predicted octanol–water partition coefficient (Wildman–Crippen LogP) is 0.694. The van der Waals surface area contributed by atoms with Crippen LogP contribution in [0.4, 0.5) is 5.69 Å². The lowest BCUT2D eigenvalue weighted by Crippen LogP contribution is -2.26. The molecule has 6 heteroatoms. The van der Waals surface area contributed by atoms with Gasteiger partial charge in [-0.1, -0.05) is 6.07 Å². The number of hydrogen-bond donors (Lipinski definition) is 4. The molecule has 0 aromatic heterocycles. The van der Waals surface area contributed by atoms with Gasteiger partial charge in [0.05, 0.1) is 19.2 Å². The van der Waals surface area contributed by atoms with Crippen molar-refractivity contribution in [2.24, 2.45) is 11.6 Å². The summed E-state index contributed by atoms with van der Waals surface area (Å²) in [5, 5.41) is 0. The van der Waals surface area contributed by atoms with Crippen LogP contribution in [0, 0.1) is 0 Å². The Hall–Kier alpha value is -1.24. The van der Waals surface area contributed by atoms with Crippen LogP contribution in [0.3, 0.4) is 0 Å². The maximum Gasteiger partial charge on any atom is 0.307 e. The minimum Gasteiger partial charge on any atom is -0.469 e. The van der Waals surface area contributed by atoms with E-state index in [2.05, 4.69) is 22.8 Å². The summed E-state index contributed by atoms with van der Waals surface area (Å²) in [5.41, 5.74) is 10.1. The van der Waals surface area contributed by atoms with Crippen molar-refractivity contribution >= 4 is 24.3 Å². The maximum atomic E-state index is 11.0. The number of benzene rings is 1. The number of nitrogen functional groups attached to an aromatic ring is 1. The number of nitrogens with one attached hydrogen (secondary N) is 1. The topological polar surface area (TPSA) is 90.4 Å². The molecule has 17 heavy (non-hydrogen) atoms. The fraction of sp³-hybridized carbons (Fsp3) is 0.364. The first-order valence-electron chi connectivity index (χ1n) is 5.17. The van der Waals surface area contributed by atoms with Gasteiger partial charge in [0.25, 0.3) is 0 Å². The third-order valence-corrected chi connectivity index (χ3v) is 2.74. The minimum atomic E-state index is -0.302. The summed E-state index contributed by atoms with van der Waals surface area (Å²) in [6.45, 7) is 0. The molecule has 0 spiro atoms. The second-order valence-corrected chi connectivity index (χ2v) is 4.22. The number of anilines is 1. The molecule has 0 bridgehead atoms. The van der Waals surface area contributed by atoms with Crippen LogP contribution in [0.25, 0.3) is 0 Å². The summed E-state index contributed by atoms with van der Waals surface area (Å²) < 4.78 is 4.56. The number of hydrogen-bond acceptors (Lipinski definition) is 6. The van der Waals surface area contributed by atoms with Crippen molar-refractivity contribution in [3.05, 3.63) is 23.8 Å². The second kappa shape index (κ2) is 6.48. The standard InChI is InChI=1S/C11H17N3O2S/c1-16-11(15)6-8(12)4-7-2-3-9(14-13)10(17)5-7/h2-3,5,8,14,17H,4,6,12-13H2,1H3. The van der Waals surface area contributed by atoms with Gasteiger partial charge >= 0.3 is 5.97 Å². The molecule has 0 saturated heterocycles. The smallest absolute Gasteiger partial charge is 0.307 e. The number of ether oxygens (including phenoxy) is 1. The molecule has 1 unspecified atom stereocenters. The summed E-state index contributed by atoms with van der Waals surface area (Å²) in [6, 6.07) is 5.33. The Morgan fingerprint density at radius 2 is 2.29 bits per heavy atom. The van der Waals surface area contributed by atoms with Crippen LogP contribution in [-0.4, -0.2) is 19.1 Å². The van der Waals surface area contributed by atoms with Gasteiger partial charge in [0.1, 0.15) is 0 Å². The summed E-state index contributed by atoms with van der Waals surface area (Å²) >= 11 is 4.28. The van der Waals surface area contributed by atoms with E-state index in [1.54, 1.807) is 0 Å². The summed E-state index contributed by atoms with van der Waals surface area (Å²) in [4.78, 5) is 11.8. The van der Waals surface area contributed by atoms with Crippen molar-refractivity contribution in [1.29, 1.82) is 0 Å². The van der Waals surface area contributed by atoms with Gasteiger partial charge in [-0.05, 0) is 24.1 Å². The molecule has 0 aliphatic rings. The molecule has 0 amide bonds. The predicted molar refractivity (Wildman–Crippen MR) is 69.8 cm³/mol. The van der Waals surface area contributed by atoms with Crippen molar-refractivity contribution in [2.75, 3.05) is 12.5 Å². The molecule has 0 fully saturated rings. The lowest BCUT2D eigenvalue weighted by atomic mass is 10.0. The number of esters is 1. The first-order valence-corrected chi connectivity index (χ1v) is 5.62. The van der Waals surface area contributed by atoms with Crippen LogP contribution in [0.5, 0.6) is 0 Å². The van der Waals surface area contributed by atoms with Crippen LogP contribution in [0.2, 0.25) is 0 Å². The molecule has 5 N–H and O–H groups in total. The van der Waals surface area contributed by atoms with Crippen molar-refractivity contribution in [1.82, 2.24) is 0 Å². The van der Waals surface area contributed by atoms with Gasteiger partial charge in [-0.2, -0.15) is 0 Å². The van der Waals surface area contributed by atoms with Gasteiger partial charge in [0.2, 0.25) is 0 Å². The molecular weight excluding hydrogens is 238 g/mol. The number of hydrazine groups is 1. The second-order valence-electron chi connectivity index (χ2n) is 3.74. The van der Waals surface area contributed by atoms with Gasteiger partial charge in [0.15, 0.2) is 0 Å². The fourth-order valence-electron chi connectivity index (χ4n) is 1.50.